The highest BCUT2D eigenvalue weighted by atomic mass is 79.9. The molecule has 2 heterocycles. The van der Waals surface area contributed by atoms with Gasteiger partial charge in [-0.2, -0.15) is 0 Å². The van der Waals surface area contributed by atoms with E-state index in [2.05, 4.69) is 31.2 Å². The van der Waals surface area contributed by atoms with Crippen molar-refractivity contribution in [3.8, 4) is 0 Å². The van der Waals surface area contributed by atoms with Gasteiger partial charge >= 0.3 is 5.69 Å². The van der Waals surface area contributed by atoms with Crippen molar-refractivity contribution in [2.45, 2.75) is 0 Å². The molecule has 1 aliphatic heterocycles. The molecule has 0 unspecified atom stereocenters. The van der Waals surface area contributed by atoms with Gasteiger partial charge in [-0.05, 0) is 28.1 Å². The van der Waals surface area contributed by atoms with Gasteiger partial charge in [-0.1, -0.05) is 12.1 Å². The molecule has 0 aliphatic carbocycles. The number of nitrogens with zero attached hydrogens (tertiary/aromatic N) is 4. The van der Waals surface area contributed by atoms with Crippen molar-refractivity contribution in [1.29, 1.82) is 0 Å². The molecule has 120 valence electrons. The monoisotopic (exact) mass is 379 g/mol. The first-order valence-electron chi connectivity index (χ1n) is 7.00. The summed E-state index contributed by atoms with van der Waals surface area (Å²) >= 11 is 3.41. The second-order valence-corrected chi connectivity index (χ2v) is 5.71. The zero-order valence-corrected chi connectivity index (χ0v) is 13.7. The molecule has 1 fully saturated rings. The van der Waals surface area contributed by atoms with Crippen molar-refractivity contribution in [1.82, 2.24) is 9.97 Å². The number of hydrogen-bond donors (Lipinski definition) is 1. The van der Waals surface area contributed by atoms with Crippen LogP contribution in [0.5, 0.6) is 0 Å². The number of ether oxygens (including phenoxy) is 1. The van der Waals surface area contributed by atoms with Gasteiger partial charge in [-0.25, -0.2) is 9.97 Å². The van der Waals surface area contributed by atoms with Crippen LogP contribution < -0.4 is 10.2 Å². The third-order valence-corrected chi connectivity index (χ3v) is 4.11. The Morgan fingerprint density at radius 1 is 1.26 bits per heavy atom. The molecular formula is C14H14BrN5O3. The van der Waals surface area contributed by atoms with Crippen molar-refractivity contribution in [3.05, 3.63) is 45.2 Å². The number of hydrogen-bond acceptors (Lipinski definition) is 7. The highest BCUT2D eigenvalue weighted by Gasteiger charge is 2.28. The minimum Gasteiger partial charge on any atom is -0.378 e. The Labute approximate surface area is 140 Å². The van der Waals surface area contributed by atoms with Crippen LogP contribution in [-0.4, -0.2) is 41.2 Å². The van der Waals surface area contributed by atoms with Crippen LogP contribution in [0.3, 0.4) is 0 Å². The molecule has 2 aromatic rings. The molecule has 1 N–H and O–H groups in total. The minimum absolute atomic E-state index is 0.134. The number of morpholine rings is 1. The van der Waals surface area contributed by atoms with Crippen molar-refractivity contribution < 1.29 is 9.66 Å². The largest absolute Gasteiger partial charge is 0.378 e. The van der Waals surface area contributed by atoms with Crippen LogP contribution in [0.15, 0.2) is 35.1 Å². The third kappa shape index (κ3) is 3.40. The van der Waals surface area contributed by atoms with Gasteiger partial charge in [0.2, 0.25) is 11.6 Å². The Balaban J connectivity index is 2.00. The molecule has 0 atom stereocenters. The Morgan fingerprint density at radius 2 is 2.00 bits per heavy atom. The molecule has 0 amide bonds. The van der Waals surface area contributed by atoms with Crippen LogP contribution in [-0.2, 0) is 4.74 Å². The molecule has 1 saturated heterocycles. The lowest BCUT2D eigenvalue weighted by atomic mass is 10.3. The zero-order chi connectivity index (χ0) is 16.2. The molecule has 1 aromatic carbocycles. The lowest BCUT2D eigenvalue weighted by molar-refractivity contribution is -0.383. The Hall–Kier alpha value is -2.26. The van der Waals surface area contributed by atoms with E-state index in [0.717, 1.165) is 4.47 Å². The predicted molar refractivity (Wildman–Crippen MR) is 89.1 cm³/mol. The number of nitrogens with one attached hydrogen (secondary N) is 1. The summed E-state index contributed by atoms with van der Waals surface area (Å²) in [7, 11) is 0. The average Bonchev–Trinajstić information content (AvgIpc) is 2.57. The minimum atomic E-state index is -0.454. The summed E-state index contributed by atoms with van der Waals surface area (Å²) in [5, 5.41) is 14.6. The summed E-state index contributed by atoms with van der Waals surface area (Å²) in [6.45, 7) is 2.17. The summed E-state index contributed by atoms with van der Waals surface area (Å²) in [5.74, 6) is 0.473. The van der Waals surface area contributed by atoms with E-state index in [-0.39, 0.29) is 11.5 Å². The molecule has 1 aromatic heterocycles. The maximum Gasteiger partial charge on any atom is 0.353 e. The van der Waals surface area contributed by atoms with Gasteiger partial charge in [0, 0.05) is 17.6 Å². The van der Waals surface area contributed by atoms with Crippen molar-refractivity contribution >= 4 is 38.9 Å². The predicted octanol–water partition coefficient (Wildman–Crippen LogP) is 2.73. The van der Waals surface area contributed by atoms with Crippen LogP contribution in [0, 0.1) is 10.1 Å². The molecular weight excluding hydrogens is 366 g/mol. The topological polar surface area (TPSA) is 93.4 Å². The maximum absolute atomic E-state index is 11.6. The Morgan fingerprint density at radius 3 is 2.70 bits per heavy atom. The highest BCUT2D eigenvalue weighted by Crippen LogP contribution is 2.35. The number of anilines is 3. The first-order valence-corrected chi connectivity index (χ1v) is 7.80. The molecule has 9 heteroatoms. The van der Waals surface area contributed by atoms with Gasteiger partial charge in [0.25, 0.3) is 0 Å². The molecule has 0 saturated carbocycles. The summed E-state index contributed by atoms with van der Waals surface area (Å²) < 4.78 is 6.08. The number of benzene rings is 1. The number of nitro groups is 1. The third-order valence-electron chi connectivity index (χ3n) is 3.42. The van der Waals surface area contributed by atoms with Crippen LogP contribution in [0.25, 0.3) is 0 Å². The van der Waals surface area contributed by atoms with E-state index >= 15 is 0 Å². The van der Waals surface area contributed by atoms with E-state index in [1.54, 1.807) is 0 Å². The van der Waals surface area contributed by atoms with E-state index in [1.807, 2.05) is 29.2 Å². The van der Waals surface area contributed by atoms with Gasteiger partial charge in [0.15, 0.2) is 0 Å². The fourth-order valence-electron chi connectivity index (χ4n) is 2.33. The molecule has 8 nitrogen and oxygen atoms in total. The SMILES string of the molecule is O=[N+]([O-])c1c(Nc2ccccc2Br)ncnc1N1CCOCC1. The number of rotatable bonds is 4. The molecule has 0 bridgehead atoms. The average molecular weight is 380 g/mol. The van der Waals surface area contributed by atoms with Crippen LogP contribution in [0.1, 0.15) is 0 Å². The first-order chi connectivity index (χ1) is 11.2. The quantitative estimate of drug-likeness (QED) is 0.644. The molecule has 23 heavy (non-hydrogen) atoms. The first kappa shape index (κ1) is 15.6. The van der Waals surface area contributed by atoms with Crippen molar-refractivity contribution in [2.75, 3.05) is 36.5 Å². The van der Waals surface area contributed by atoms with Crippen molar-refractivity contribution in [2.24, 2.45) is 0 Å². The van der Waals surface area contributed by atoms with E-state index in [0.29, 0.717) is 37.8 Å². The fourth-order valence-corrected chi connectivity index (χ4v) is 2.71. The number of halogens is 1. The van der Waals surface area contributed by atoms with E-state index in [9.17, 15) is 10.1 Å². The van der Waals surface area contributed by atoms with Crippen molar-refractivity contribution in [3.63, 3.8) is 0 Å². The van der Waals surface area contributed by atoms with Gasteiger partial charge in [-0.3, -0.25) is 10.1 Å². The van der Waals surface area contributed by atoms with E-state index in [4.69, 9.17) is 4.74 Å². The summed E-state index contributed by atoms with van der Waals surface area (Å²) in [5.41, 5.74) is 0.562. The van der Waals surface area contributed by atoms with Crippen LogP contribution in [0.4, 0.5) is 23.0 Å². The van der Waals surface area contributed by atoms with Gasteiger partial charge < -0.3 is 15.0 Å². The smallest absolute Gasteiger partial charge is 0.353 e. The fraction of sp³-hybridized carbons (Fsp3) is 0.286. The van der Waals surface area contributed by atoms with Gasteiger partial charge in [0.05, 0.1) is 23.8 Å². The highest BCUT2D eigenvalue weighted by molar-refractivity contribution is 9.10. The standard InChI is InChI=1S/C14H14BrN5O3/c15-10-3-1-2-4-11(10)18-13-12(20(21)22)14(17-9-16-13)19-5-7-23-8-6-19/h1-4,9H,5-8H2,(H,16,17,18). The molecule has 1 aliphatic rings. The molecule has 0 spiro atoms. The van der Waals surface area contributed by atoms with Crippen LogP contribution >= 0.6 is 15.9 Å². The van der Waals surface area contributed by atoms with Crippen LogP contribution in [0.2, 0.25) is 0 Å². The Bertz CT molecular complexity index is 721. The number of aromatic nitrogens is 2. The lowest BCUT2D eigenvalue weighted by Crippen LogP contribution is -2.37. The molecule has 0 radical (unpaired) electrons. The Kier molecular flexibility index (Phi) is 4.68. The van der Waals surface area contributed by atoms with E-state index < -0.39 is 4.92 Å². The normalized spacial score (nSPS) is 14.6. The number of para-hydroxylation sites is 1. The summed E-state index contributed by atoms with van der Waals surface area (Å²) in [6.07, 6.45) is 1.33. The summed E-state index contributed by atoms with van der Waals surface area (Å²) in [4.78, 5) is 21.1. The molecule has 3 rings (SSSR count). The second kappa shape index (κ2) is 6.88. The van der Waals surface area contributed by atoms with E-state index in [1.165, 1.54) is 6.33 Å². The van der Waals surface area contributed by atoms with Gasteiger partial charge in [0.1, 0.15) is 6.33 Å². The summed E-state index contributed by atoms with van der Waals surface area (Å²) in [6, 6.07) is 7.36. The lowest BCUT2D eigenvalue weighted by Gasteiger charge is -2.27. The maximum atomic E-state index is 11.6. The van der Waals surface area contributed by atoms with Gasteiger partial charge in [-0.15, -0.1) is 0 Å². The second-order valence-electron chi connectivity index (χ2n) is 4.86. The zero-order valence-electron chi connectivity index (χ0n) is 12.1.